The Balaban J connectivity index is 2.14. The number of methoxy groups -OCH3 is 1. The van der Waals surface area contributed by atoms with Crippen LogP contribution in [-0.4, -0.2) is 12.9 Å². The maximum Gasteiger partial charge on any atom is 0.229 e. The zero-order chi connectivity index (χ0) is 13.4. The van der Waals surface area contributed by atoms with Crippen molar-refractivity contribution in [1.82, 2.24) is 0 Å². The summed E-state index contributed by atoms with van der Waals surface area (Å²) >= 11 is 7.46. The molecule has 19 heavy (non-hydrogen) atoms. The lowest BCUT2D eigenvalue weighted by molar-refractivity contribution is 0.101. The van der Waals surface area contributed by atoms with Gasteiger partial charge in [-0.1, -0.05) is 11.6 Å². The van der Waals surface area contributed by atoms with Crippen molar-refractivity contribution in [3.63, 3.8) is 0 Å². The molecule has 5 heteroatoms. The van der Waals surface area contributed by atoms with Crippen LogP contribution in [0.25, 0.3) is 11.0 Å². The van der Waals surface area contributed by atoms with Gasteiger partial charge in [-0.05, 0) is 23.6 Å². The zero-order valence-corrected chi connectivity index (χ0v) is 11.5. The third-order valence-electron chi connectivity index (χ3n) is 2.77. The highest BCUT2D eigenvalue weighted by atomic mass is 35.5. The molecule has 0 saturated carbocycles. The van der Waals surface area contributed by atoms with Crippen LogP contribution in [0.2, 0.25) is 5.02 Å². The summed E-state index contributed by atoms with van der Waals surface area (Å²) in [5.74, 6) is 0.663. The molecule has 0 fully saturated rings. The van der Waals surface area contributed by atoms with E-state index in [4.69, 9.17) is 20.8 Å². The topological polar surface area (TPSA) is 39.4 Å². The van der Waals surface area contributed by atoms with Crippen LogP contribution in [0.1, 0.15) is 16.1 Å². The van der Waals surface area contributed by atoms with E-state index >= 15 is 0 Å². The second-order valence-electron chi connectivity index (χ2n) is 3.98. The number of ketones is 1. The number of halogens is 1. The molecule has 0 saturated heterocycles. The van der Waals surface area contributed by atoms with Gasteiger partial charge >= 0.3 is 0 Å². The fourth-order valence-corrected chi connectivity index (χ4v) is 2.74. The second-order valence-corrected chi connectivity index (χ2v) is 5.19. The molecular weight excluding hydrogens is 284 g/mol. The molecule has 0 aliphatic heterocycles. The van der Waals surface area contributed by atoms with E-state index in [9.17, 15) is 4.79 Å². The van der Waals surface area contributed by atoms with Crippen molar-refractivity contribution in [3.05, 3.63) is 51.4 Å². The quantitative estimate of drug-likeness (QED) is 0.672. The molecule has 0 spiro atoms. The van der Waals surface area contributed by atoms with Gasteiger partial charge in [-0.3, -0.25) is 4.79 Å². The number of carbonyl (C=O) groups excluding carboxylic acids is 1. The van der Waals surface area contributed by atoms with Crippen LogP contribution in [0, 0.1) is 0 Å². The molecule has 1 aromatic carbocycles. The minimum absolute atomic E-state index is 0.143. The summed E-state index contributed by atoms with van der Waals surface area (Å²) in [6, 6.07) is 6.85. The number of benzene rings is 1. The maximum atomic E-state index is 12.2. The van der Waals surface area contributed by atoms with E-state index in [1.807, 2.05) is 5.38 Å². The van der Waals surface area contributed by atoms with E-state index in [2.05, 4.69) is 0 Å². The van der Waals surface area contributed by atoms with E-state index in [0.29, 0.717) is 21.9 Å². The Morgan fingerprint density at radius 3 is 2.89 bits per heavy atom. The van der Waals surface area contributed by atoms with Crippen LogP contribution in [0.4, 0.5) is 0 Å². The van der Waals surface area contributed by atoms with Crippen LogP contribution in [-0.2, 0) is 0 Å². The van der Waals surface area contributed by atoms with Gasteiger partial charge in [-0.2, -0.15) is 11.3 Å². The Kier molecular flexibility index (Phi) is 3.05. The molecule has 3 nitrogen and oxygen atoms in total. The van der Waals surface area contributed by atoms with Gasteiger partial charge in [0.15, 0.2) is 17.1 Å². The standard InChI is InChI=1S/C14H9ClO3S/c1-17-12-6-10(15)4-9-5-11(18-14(9)12)13(16)8-2-3-19-7-8/h2-7H,1H3. The highest BCUT2D eigenvalue weighted by Gasteiger charge is 2.17. The van der Waals surface area contributed by atoms with Crippen LogP contribution in [0.15, 0.2) is 39.4 Å². The fourth-order valence-electron chi connectivity index (χ4n) is 1.89. The molecule has 3 rings (SSSR count). The average molecular weight is 293 g/mol. The van der Waals surface area contributed by atoms with Crippen molar-refractivity contribution < 1.29 is 13.9 Å². The molecule has 0 amide bonds. The number of furan rings is 1. The first-order valence-electron chi connectivity index (χ1n) is 5.53. The van der Waals surface area contributed by atoms with Gasteiger partial charge in [0.1, 0.15) is 0 Å². The molecule has 3 aromatic rings. The number of hydrogen-bond acceptors (Lipinski definition) is 4. The highest BCUT2D eigenvalue weighted by Crippen LogP contribution is 2.33. The van der Waals surface area contributed by atoms with Crippen LogP contribution >= 0.6 is 22.9 Å². The summed E-state index contributed by atoms with van der Waals surface area (Å²) in [6.07, 6.45) is 0. The van der Waals surface area contributed by atoms with Crippen molar-refractivity contribution in [2.75, 3.05) is 7.11 Å². The van der Waals surface area contributed by atoms with Crippen molar-refractivity contribution in [2.45, 2.75) is 0 Å². The van der Waals surface area contributed by atoms with E-state index in [1.54, 1.807) is 29.6 Å². The Hall–Kier alpha value is -1.78. The van der Waals surface area contributed by atoms with Gasteiger partial charge in [0.25, 0.3) is 0 Å². The lowest BCUT2D eigenvalue weighted by atomic mass is 10.1. The minimum atomic E-state index is -0.143. The van der Waals surface area contributed by atoms with Gasteiger partial charge in [0.05, 0.1) is 7.11 Å². The summed E-state index contributed by atoms with van der Waals surface area (Å²) in [6.45, 7) is 0. The first-order valence-corrected chi connectivity index (χ1v) is 6.85. The normalized spacial score (nSPS) is 10.8. The number of rotatable bonds is 3. The summed E-state index contributed by atoms with van der Waals surface area (Å²) in [4.78, 5) is 12.2. The summed E-state index contributed by atoms with van der Waals surface area (Å²) in [5, 5.41) is 4.94. The van der Waals surface area contributed by atoms with Gasteiger partial charge in [-0.25, -0.2) is 0 Å². The third kappa shape index (κ3) is 2.13. The predicted molar refractivity (Wildman–Crippen MR) is 75.5 cm³/mol. The zero-order valence-electron chi connectivity index (χ0n) is 9.98. The van der Waals surface area contributed by atoms with Crippen LogP contribution in [0.3, 0.4) is 0 Å². The van der Waals surface area contributed by atoms with E-state index in [1.165, 1.54) is 18.4 Å². The summed E-state index contributed by atoms with van der Waals surface area (Å²) in [7, 11) is 1.54. The monoisotopic (exact) mass is 292 g/mol. The first-order chi connectivity index (χ1) is 9.19. The molecular formula is C14H9ClO3S. The molecule has 0 atom stereocenters. The van der Waals surface area contributed by atoms with E-state index < -0.39 is 0 Å². The fraction of sp³-hybridized carbons (Fsp3) is 0.0714. The molecule has 2 aromatic heterocycles. The van der Waals surface area contributed by atoms with Gasteiger partial charge in [0.2, 0.25) is 5.78 Å². The minimum Gasteiger partial charge on any atom is -0.493 e. The molecule has 0 N–H and O–H groups in total. The number of fused-ring (bicyclic) bond motifs is 1. The van der Waals surface area contributed by atoms with Gasteiger partial charge < -0.3 is 9.15 Å². The Morgan fingerprint density at radius 2 is 2.21 bits per heavy atom. The van der Waals surface area contributed by atoms with E-state index in [-0.39, 0.29) is 11.5 Å². The molecule has 0 radical (unpaired) electrons. The van der Waals surface area contributed by atoms with Gasteiger partial charge in [0, 0.05) is 27.4 Å². The molecule has 0 aliphatic rings. The molecule has 0 aliphatic carbocycles. The lowest BCUT2D eigenvalue weighted by Crippen LogP contribution is -1.96. The number of ether oxygens (including phenoxy) is 1. The Morgan fingerprint density at radius 1 is 1.37 bits per heavy atom. The maximum absolute atomic E-state index is 12.2. The van der Waals surface area contributed by atoms with Crippen molar-refractivity contribution in [3.8, 4) is 5.75 Å². The molecule has 0 unspecified atom stereocenters. The average Bonchev–Trinajstić information content (AvgIpc) is 3.05. The largest absolute Gasteiger partial charge is 0.493 e. The second kappa shape index (κ2) is 4.72. The first kappa shape index (κ1) is 12.3. The van der Waals surface area contributed by atoms with Gasteiger partial charge in [-0.15, -0.1) is 0 Å². The highest BCUT2D eigenvalue weighted by molar-refractivity contribution is 7.08. The lowest BCUT2D eigenvalue weighted by Gasteiger charge is -2.00. The molecule has 2 heterocycles. The number of thiophene rings is 1. The Labute approximate surface area is 118 Å². The van der Waals surface area contributed by atoms with Crippen LogP contribution < -0.4 is 4.74 Å². The summed E-state index contributed by atoms with van der Waals surface area (Å²) < 4.78 is 10.8. The summed E-state index contributed by atoms with van der Waals surface area (Å²) in [5.41, 5.74) is 1.15. The van der Waals surface area contributed by atoms with Crippen molar-refractivity contribution in [2.24, 2.45) is 0 Å². The Bertz CT molecular complexity index is 743. The number of hydrogen-bond donors (Lipinski definition) is 0. The predicted octanol–water partition coefficient (Wildman–Crippen LogP) is 4.39. The molecule has 0 bridgehead atoms. The van der Waals surface area contributed by atoms with Crippen LogP contribution in [0.5, 0.6) is 5.75 Å². The van der Waals surface area contributed by atoms with Crippen molar-refractivity contribution in [1.29, 1.82) is 0 Å². The SMILES string of the molecule is COc1cc(Cl)cc2cc(C(=O)c3ccsc3)oc12. The molecule has 96 valence electrons. The number of carbonyl (C=O) groups is 1. The van der Waals surface area contributed by atoms with Crippen molar-refractivity contribution >= 4 is 39.7 Å². The third-order valence-corrected chi connectivity index (χ3v) is 3.68. The smallest absolute Gasteiger partial charge is 0.229 e. The van der Waals surface area contributed by atoms with E-state index in [0.717, 1.165) is 5.39 Å².